The van der Waals surface area contributed by atoms with E-state index in [2.05, 4.69) is 12.6 Å². The average molecular weight is 395 g/mol. The van der Waals surface area contributed by atoms with Crippen LogP contribution in [0.2, 0.25) is 0 Å². The Morgan fingerprint density at radius 3 is 2.08 bits per heavy atom. The standard InChI is InChI=1S/C18H34O7S/c1-21-8-4-3-5-10-25-18(20)15-17(26)16(19)7-6-9-23-13-14-24-12-11-22-2/h17,26H,3-15H2,1-2H3. The molecule has 154 valence electrons. The highest BCUT2D eigenvalue weighted by atomic mass is 32.1. The van der Waals surface area contributed by atoms with E-state index in [0.29, 0.717) is 59.1 Å². The number of esters is 1. The molecular formula is C18H34O7S. The molecule has 0 aliphatic heterocycles. The highest BCUT2D eigenvalue weighted by molar-refractivity contribution is 7.81. The zero-order valence-corrected chi connectivity index (χ0v) is 17.0. The van der Waals surface area contributed by atoms with Gasteiger partial charge < -0.3 is 23.7 Å². The fourth-order valence-electron chi connectivity index (χ4n) is 2.02. The van der Waals surface area contributed by atoms with Crippen molar-refractivity contribution in [1.29, 1.82) is 0 Å². The first-order valence-corrected chi connectivity index (χ1v) is 9.63. The van der Waals surface area contributed by atoms with E-state index >= 15 is 0 Å². The van der Waals surface area contributed by atoms with Crippen molar-refractivity contribution in [3.63, 3.8) is 0 Å². The van der Waals surface area contributed by atoms with Crippen LogP contribution in [-0.2, 0) is 33.3 Å². The smallest absolute Gasteiger partial charge is 0.307 e. The molecule has 0 fully saturated rings. The number of rotatable bonds is 19. The van der Waals surface area contributed by atoms with Gasteiger partial charge in [-0.1, -0.05) is 0 Å². The molecule has 1 atom stereocenters. The summed E-state index contributed by atoms with van der Waals surface area (Å²) in [4.78, 5) is 23.6. The maximum absolute atomic E-state index is 11.9. The maximum atomic E-state index is 11.9. The molecule has 0 radical (unpaired) electrons. The van der Waals surface area contributed by atoms with Gasteiger partial charge in [-0.3, -0.25) is 9.59 Å². The maximum Gasteiger partial charge on any atom is 0.307 e. The van der Waals surface area contributed by atoms with Crippen LogP contribution in [0.1, 0.15) is 38.5 Å². The third kappa shape index (κ3) is 16.8. The highest BCUT2D eigenvalue weighted by Crippen LogP contribution is 2.09. The Bertz CT molecular complexity index is 352. The van der Waals surface area contributed by atoms with Crippen LogP contribution in [0.25, 0.3) is 0 Å². The first-order chi connectivity index (χ1) is 12.6. The third-order valence-electron chi connectivity index (χ3n) is 3.50. The Morgan fingerprint density at radius 2 is 1.38 bits per heavy atom. The Balaban J connectivity index is 3.53. The normalized spacial score (nSPS) is 12.1. The van der Waals surface area contributed by atoms with E-state index in [0.717, 1.165) is 19.3 Å². The number of hydrogen-bond donors (Lipinski definition) is 1. The van der Waals surface area contributed by atoms with Gasteiger partial charge in [-0.15, -0.1) is 0 Å². The molecule has 0 N–H and O–H groups in total. The summed E-state index contributed by atoms with van der Waals surface area (Å²) in [5, 5.41) is -0.617. The summed E-state index contributed by atoms with van der Waals surface area (Å²) in [6, 6.07) is 0. The monoisotopic (exact) mass is 394 g/mol. The fourth-order valence-corrected chi connectivity index (χ4v) is 2.30. The van der Waals surface area contributed by atoms with Gasteiger partial charge in [0.1, 0.15) is 5.78 Å². The van der Waals surface area contributed by atoms with Crippen molar-refractivity contribution in [3.8, 4) is 0 Å². The number of hydrogen-bond acceptors (Lipinski definition) is 8. The second-order valence-corrected chi connectivity index (χ2v) is 6.40. The molecule has 26 heavy (non-hydrogen) atoms. The van der Waals surface area contributed by atoms with E-state index in [-0.39, 0.29) is 18.2 Å². The van der Waals surface area contributed by atoms with Gasteiger partial charge in [-0.05, 0) is 25.7 Å². The molecule has 0 spiro atoms. The first-order valence-electron chi connectivity index (χ1n) is 9.11. The average Bonchev–Trinajstić information content (AvgIpc) is 2.63. The molecule has 0 aliphatic rings. The van der Waals surface area contributed by atoms with E-state index in [1.165, 1.54) is 0 Å². The van der Waals surface area contributed by atoms with Gasteiger partial charge >= 0.3 is 5.97 Å². The molecule has 0 aliphatic carbocycles. The van der Waals surface area contributed by atoms with Crippen LogP contribution in [0.5, 0.6) is 0 Å². The minimum absolute atomic E-state index is 0.00815. The van der Waals surface area contributed by atoms with E-state index in [1.54, 1.807) is 14.2 Å². The molecule has 7 nitrogen and oxygen atoms in total. The topological polar surface area (TPSA) is 80.3 Å². The molecular weight excluding hydrogens is 360 g/mol. The Hall–Kier alpha value is -0.670. The van der Waals surface area contributed by atoms with Gasteiger partial charge in [0.15, 0.2) is 0 Å². The van der Waals surface area contributed by atoms with Gasteiger partial charge in [0.25, 0.3) is 0 Å². The van der Waals surface area contributed by atoms with Crippen molar-refractivity contribution in [2.24, 2.45) is 0 Å². The first kappa shape index (κ1) is 25.3. The van der Waals surface area contributed by atoms with Crippen molar-refractivity contribution in [1.82, 2.24) is 0 Å². The molecule has 0 rings (SSSR count). The summed E-state index contributed by atoms with van der Waals surface area (Å²) < 4.78 is 25.5. The molecule has 0 saturated carbocycles. The van der Waals surface area contributed by atoms with Gasteiger partial charge in [0, 0.05) is 33.9 Å². The summed E-state index contributed by atoms with van der Waals surface area (Å²) in [5.74, 6) is -0.445. The molecule has 1 unspecified atom stereocenters. The highest BCUT2D eigenvalue weighted by Gasteiger charge is 2.18. The van der Waals surface area contributed by atoms with Crippen LogP contribution in [0.4, 0.5) is 0 Å². The molecule has 0 aromatic rings. The van der Waals surface area contributed by atoms with E-state index in [9.17, 15) is 9.59 Å². The summed E-state index contributed by atoms with van der Waals surface area (Å²) in [5.41, 5.74) is 0. The number of unbranched alkanes of at least 4 members (excludes halogenated alkanes) is 2. The molecule has 0 bridgehead atoms. The lowest BCUT2D eigenvalue weighted by Gasteiger charge is -2.10. The predicted molar refractivity (Wildman–Crippen MR) is 102 cm³/mol. The van der Waals surface area contributed by atoms with Crippen LogP contribution >= 0.6 is 12.6 Å². The third-order valence-corrected chi connectivity index (χ3v) is 3.97. The second kappa shape index (κ2) is 19.1. The summed E-state index contributed by atoms with van der Waals surface area (Å²) >= 11 is 4.21. The molecule has 8 heteroatoms. The quantitative estimate of drug-likeness (QED) is 0.204. The molecule has 0 amide bonds. The molecule has 0 saturated heterocycles. The molecule has 0 heterocycles. The largest absolute Gasteiger partial charge is 0.466 e. The zero-order valence-electron chi connectivity index (χ0n) is 16.1. The molecule has 0 aromatic heterocycles. The van der Waals surface area contributed by atoms with Crippen molar-refractivity contribution in [2.45, 2.75) is 43.8 Å². The summed E-state index contributed by atoms with van der Waals surface area (Å²) in [7, 11) is 3.28. The zero-order chi connectivity index (χ0) is 19.5. The van der Waals surface area contributed by atoms with Gasteiger partial charge in [0.2, 0.25) is 0 Å². The SMILES string of the molecule is COCCCCCOC(=O)CC(S)C(=O)CCCOCCOCCOC. The Morgan fingerprint density at radius 1 is 0.769 bits per heavy atom. The number of ketones is 1. The van der Waals surface area contributed by atoms with Crippen LogP contribution < -0.4 is 0 Å². The Labute approximate surface area is 162 Å². The number of methoxy groups -OCH3 is 2. The Kier molecular flexibility index (Phi) is 18.6. The predicted octanol–water partition coefficient (Wildman–Crippen LogP) is 2.06. The minimum Gasteiger partial charge on any atom is -0.466 e. The van der Waals surface area contributed by atoms with Crippen LogP contribution in [0.3, 0.4) is 0 Å². The minimum atomic E-state index is -0.617. The van der Waals surface area contributed by atoms with Gasteiger partial charge in [-0.2, -0.15) is 12.6 Å². The van der Waals surface area contributed by atoms with Crippen molar-refractivity contribution in [3.05, 3.63) is 0 Å². The van der Waals surface area contributed by atoms with Gasteiger partial charge in [0.05, 0.1) is 44.7 Å². The van der Waals surface area contributed by atoms with Gasteiger partial charge in [-0.25, -0.2) is 0 Å². The lowest BCUT2D eigenvalue weighted by atomic mass is 10.1. The van der Waals surface area contributed by atoms with Crippen LogP contribution in [-0.4, -0.2) is 77.5 Å². The van der Waals surface area contributed by atoms with Crippen LogP contribution in [0, 0.1) is 0 Å². The lowest BCUT2D eigenvalue weighted by molar-refractivity contribution is -0.144. The van der Waals surface area contributed by atoms with E-state index < -0.39 is 5.25 Å². The number of carbonyl (C=O) groups is 2. The van der Waals surface area contributed by atoms with E-state index in [1.807, 2.05) is 0 Å². The summed E-state index contributed by atoms with van der Waals surface area (Å²) in [6.07, 6.45) is 3.64. The number of Topliss-reactive ketones (excluding diaryl/α,β-unsaturated/α-hetero) is 1. The lowest BCUT2D eigenvalue weighted by Crippen LogP contribution is -2.21. The summed E-state index contributed by atoms with van der Waals surface area (Å²) in [6.45, 7) is 3.66. The van der Waals surface area contributed by atoms with Crippen molar-refractivity contribution in [2.75, 3.05) is 60.5 Å². The number of thiol groups is 1. The molecule has 0 aromatic carbocycles. The fraction of sp³-hybridized carbons (Fsp3) is 0.889. The second-order valence-electron chi connectivity index (χ2n) is 5.78. The number of carbonyl (C=O) groups excluding carboxylic acids is 2. The van der Waals surface area contributed by atoms with Crippen LogP contribution in [0.15, 0.2) is 0 Å². The number of ether oxygens (including phenoxy) is 5. The van der Waals surface area contributed by atoms with Crippen molar-refractivity contribution >= 4 is 24.4 Å². The van der Waals surface area contributed by atoms with Crippen molar-refractivity contribution < 1.29 is 33.3 Å². The van der Waals surface area contributed by atoms with E-state index in [4.69, 9.17) is 23.7 Å².